The van der Waals surface area contributed by atoms with Crippen LogP contribution in [0.4, 0.5) is 19.0 Å². The first kappa shape index (κ1) is 25.3. The molecule has 2 aromatic heterocycles. The van der Waals surface area contributed by atoms with Crippen molar-refractivity contribution in [2.45, 2.75) is 24.7 Å². The Labute approximate surface area is 211 Å². The zero-order valence-electron chi connectivity index (χ0n) is 20.0. The number of aromatic nitrogens is 3. The van der Waals surface area contributed by atoms with Crippen LogP contribution in [-0.4, -0.2) is 82.9 Å². The molecule has 2 N–H and O–H groups in total. The Morgan fingerprint density at radius 2 is 1.89 bits per heavy atom. The van der Waals surface area contributed by atoms with Crippen molar-refractivity contribution in [1.82, 2.24) is 25.2 Å². The molecular weight excluding hydrogens is 489 g/mol. The topological polar surface area (TPSA) is 104 Å². The van der Waals surface area contributed by atoms with Crippen LogP contribution in [0.3, 0.4) is 0 Å². The highest BCUT2D eigenvalue weighted by Crippen LogP contribution is 2.28. The minimum absolute atomic E-state index is 0.141. The van der Waals surface area contributed by atoms with Crippen LogP contribution in [0.2, 0.25) is 0 Å². The fourth-order valence-electron chi connectivity index (χ4n) is 4.75. The van der Waals surface area contributed by atoms with Crippen LogP contribution >= 0.6 is 0 Å². The van der Waals surface area contributed by atoms with Gasteiger partial charge in [0, 0.05) is 56.1 Å². The molecule has 196 valence electrons. The molecule has 37 heavy (non-hydrogen) atoms. The number of benzene rings is 1. The number of halogens is 3. The number of carbonyl (C=O) groups is 1. The number of hydrogen-bond acceptors (Lipinski definition) is 8. The largest absolute Gasteiger partial charge is 0.451 e. The SMILES string of the molecule is O=C(NCC(c1cnc(C(F)(F)F)nc1)N1CCOCC1)c1cc(N2CC[C@@H](O)C2)nc2ccccc12. The summed E-state index contributed by atoms with van der Waals surface area (Å²) in [4.78, 5) is 29.2. The Hall–Kier alpha value is -3.35. The zero-order valence-corrected chi connectivity index (χ0v) is 20.0. The van der Waals surface area contributed by atoms with Crippen molar-refractivity contribution in [3.63, 3.8) is 0 Å². The van der Waals surface area contributed by atoms with Gasteiger partial charge in [-0.2, -0.15) is 13.2 Å². The van der Waals surface area contributed by atoms with Crippen LogP contribution in [0.5, 0.6) is 0 Å². The molecular formula is C25H27F3N6O3. The lowest BCUT2D eigenvalue weighted by atomic mass is 10.1. The first-order chi connectivity index (χ1) is 17.8. The lowest BCUT2D eigenvalue weighted by Gasteiger charge is -2.34. The second-order valence-corrected chi connectivity index (χ2v) is 9.15. The molecule has 0 bridgehead atoms. The lowest BCUT2D eigenvalue weighted by Crippen LogP contribution is -2.44. The van der Waals surface area contributed by atoms with Gasteiger partial charge in [0.15, 0.2) is 0 Å². The van der Waals surface area contributed by atoms with E-state index in [9.17, 15) is 23.1 Å². The van der Waals surface area contributed by atoms with Crippen LogP contribution in [-0.2, 0) is 10.9 Å². The average molecular weight is 517 g/mol. The Balaban J connectivity index is 1.40. The van der Waals surface area contributed by atoms with Gasteiger partial charge in [0.2, 0.25) is 5.82 Å². The summed E-state index contributed by atoms with van der Waals surface area (Å²) < 4.78 is 44.4. The summed E-state index contributed by atoms with van der Waals surface area (Å²) in [5.74, 6) is -0.921. The van der Waals surface area contributed by atoms with Gasteiger partial charge in [0.05, 0.1) is 36.4 Å². The number of aliphatic hydroxyl groups is 1. The predicted octanol–water partition coefficient (Wildman–Crippen LogP) is 2.42. The van der Waals surface area contributed by atoms with Gasteiger partial charge in [-0.05, 0) is 18.6 Å². The molecule has 12 heteroatoms. The molecule has 0 radical (unpaired) electrons. The number of alkyl halides is 3. The number of anilines is 1. The molecule has 0 saturated carbocycles. The van der Waals surface area contributed by atoms with E-state index in [0.29, 0.717) is 73.7 Å². The van der Waals surface area contributed by atoms with Gasteiger partial charge in [0.1, 0.15) is 5.82 Å². The maximum Gasteiger partial charge on any atom is 0.451 e. The quantitative estimate of drug-likeness (QED) is 0.515. The monoisotopic (exact) mass is 516 g/mol. The highest BCUT2D eigenvalue weighted by Gasteiger charge is 2.35. The fraction of sp³-hybridized carbons (Fsp3) is 0.440. The first-order valence-corrected chi connectivity index (χ1v) is 12.1. The summed E-state index contributed by atoms with van der Waals surface area (Å²) >= 11 is 0. The average Bonchev–Trinajstić information content (AvgIpc) is 3.34. The van der Waals surface area contributed by atoms with E-state index in [0.717, 1.165) is 0 Å². The minimum atomic E-state index is -4.63. The van der Waals surface area contributed by atoms with Crippen LogP contribution in [0.25, 0.3) is 10.9 Å². The number of ether oxygens (including phenoxy) is 1. The lowest BCUT2D eigenvalue weighted by molar-refractivity contribution is -0.145. The number of para-hydroxylation sites is 1. The normalized spacial score (nSPS) is 19.8. The zero-order chi connectivity index (χ0) is 26.0. The summed E-state index contributed by atoms with van der Waals surface area (Å²) in [7, 11) is 0. The Kier molecular flexibility index (Phi) is 7.22. The number of nitrogens with zero attached hydrogens (tertiary/aromatic N) is 5. The molecule has 2 aliphatic heterocycles. The molecule has 0 aliphatic carbocycles. The third-order valence-corrected chi connectivity index (χ3v) is 6.69. The molecule has 2 saturated heterocycles. The second-order valence-electron chi connectivity index (χ2n) is 9.15. The number of morpholine rings is 1. The van der Waals surface area contributed by atoms with Crippen LogP contribution in [0.15, 0.2) is 42.7 Å². The number of nitrogens with one attached hydrogen (secondary N) is 1. The Morgan fingerprint density at radius 3 is 2.57 bits per heavy atom. The molecule has 3 aromatic rings. The molecule has 2 atom stereocenters. The smallest absolute Gasteiger partial charge is 0.391 e. The van der Waals surface area contributed by atoms with E-state index in [1.807, 2.05) is 34.1 Å². The third-order valence-electron chi connectivity index (χ3n) is 6.69. The highest BCUT2D eigenvalue weighted by atomic mass is 19.4. The predicted molar refractivity (Wildman–Crippen MR) is 129 cm³/mol. The minimum Gasteiger partial charge on any atom is -0.391 e. The van der Waals surface area contributed by atoms with Crippen molar-refractivity contribution in [3.8, 4) is 0 Å². The van der Waals surface area contributed by atoms with E-state index in [2.05, 4.69) is 20.3 Å². The van der Waals surface area contributed by atoms with Crippen molar-refractivity contribution in [3.05, 3.63) is 59.7 Å². The molecule has 1 unspecified atom stereocenters. The summed E-state index contributed by atoms with van der Waals surface area (Å²) in [6.45, 7) is 3.29. The van der Waals surface area contributed by atoms with E-state index in [1.54, 1.807) is 6.07 Å². The molecule has 1 aromatic carbocycles. The van der Waals surface area contributed by atoms with Gasteiger partial charge >= 0.3 is 6.18 Å². The number of carbonyl (C=O) groups excluding carboxylic acids is 1. The molecule has 1 amide bonds. The number of pyridine rings is 1. The van der Waals surface area contributed by atoms with Gasteiger partial charge in [-0.3, -0.25) is 9.69 Å². The van der Waals surface area contributed by atoms with Crippen molar-refractivity contribution < 1.29 is 27.8 Å². The summed E-state index contributed by atoms with van der Waals surface area (Å²) in [6, 6.07) is 8.62. The summed E-state index contributed by atoms with van der Waals surface area (Å²) in [5, 5.41) is 13.6. The van der Waals surface area contributed by atoms with E-state index in [4.69, 9.17) is 4.74 Å². The maximum absolute atomic E-state index is 13.5. The summed E-state index contributed by atoms with van der Waals surface area (Å²) in [5.41, 5.74) is 1.57. The van der Waals surface area contributed by atoms with Crippen LogP contribution in [0.1, 0.15) is 34.2 Å². The number of hydrogen-bond donors (Lipinski definition) is 2. The van der Waals surface area contributed by atoms with E-state index in [1.165, 1.54) is 12.4 Å². The number of rotatable bonds is 6. The Morgan fingerprint density at radius 1 is 1.16 bits per heavy atom. The number of β-amino-alcohol motifs (C(OH)–C–C–N with tert-alkyl or cyclic N) is 1. The van der Waals surface area contributed by atoms with E-state index >= 15 is 0 Å². The number of fused-ring (bicyclic) bond motifs is 1. The van der Waals surface area contributed by atoms with Gasteiger partial charge in [-0.25, -0.2) is 15.0 Å². The van der Waals surface area contributed by atoms with Crippen LogP contribution < -0.4 is 10.2 Å². The van der Waals surface area contributed by atoms with E-state index < -0.39 is 24.1 Å². The Bertz CT molecular complexity index is 1250. The highest BCUT2D eigenvalue weighted by molar-refractivity contribution is 6.07. The number of aliphatic hydroxyl groups excluding tert-OH is 1. The molecule has 2 fully saturated rings. The summed E-state index contributed by atoms with van der Waals surface area (Å²) in [6.07, 6.45) is -2.11. The van der Waals surface area contributed by atoms with Gasteiger partial charge in [-0.1, -0.05) is 18.2 Å². The van der Waals surface area contributed by atoms with E-state index in [-0.39, 0.29) is 12.5 Å². The molecule has 4 heterocycles. The first-order valence-electron chi connectivity index (χ1n) is 12.1. The van der Waals surface area contributed by atoms with Crippen molar-refractivity contribution in [2.24, 2.45) is 0 Å². The van der Waals surface area contributed by atoms with Gasteiger partial charge < -0.3 is 20.1 Å². The van der Waals surface area contributed by atoms with Crippen molar-refractivity contribution in [1.29, 1.82) is 0 Å². The third kappa shape index (κ3) is 5.65. The molecule has 2 aliphatic rings. The van der Waals surface area contributed by atoms with Gasteiger partial charge in [0.25, 0.3) is 5.91 Å². The standard InChI is InChI=1S/C25H27F3N6O3/c26-25(27,28)24-30-12-16(13-31-24)21(33-7-9-37-10-8-33)14-29-23(36)19-11-22(34-6-5-17(35)15-34)32-20-4-2-1-3-18(19)20/h1-4,11-13,17,21,35H,5-10,14-15H2,(H,29,36)/t17-,21?/m1/s1. The van der Waals surface area contributed by atoms with Crippen molar-refractivity contribution in [2.75, 3.05) is 50.8 Å². The fourth-order valence-corrected chi connectivity index (χ4v) is 4.75. The van der Waals surface area contributed by atoms with Gasteiger partial charge in [-0.15, -0.1) is 0 Å². The number of amides is 1. The second kappa shape index (κ2) is 10.6. The van der Waals surface area contributed by atoms with Crippen LogP contribution in [0, 0.1) is 0 Å². The molecule has 0 spiro atoms. The maximum atomic E-state index is 13.5. The molecule has 9 nitrogen and oxygen atoms in total. The molecule has 5 rings (SSSR count). The van der Waals surface area contributed by atoms with Crippen molar-refractivity contribution >= 4 is 22.6 Å².